The molecule has 5 nitrogen and oxygen atoms in total. The number of nitrogens with one attached hydrogen (secondary N) is 1. The molecule has 7 heteroatoms. The summed E-state index contributed by atoms with van der Waals surface area (Å²) in [6, 6.07) is 8.45. The average molecular weight is 396 g/mol. The molecule has 0 atom stereocenters. The lowest BCUT2D eigenvalue weighted by molar-refractivity contribution is -0.122. The lowest BCUT2D eigenvalue weighted by Gasteiger charge is -2.11. The van der Waals surface area contributed by atoms with E-state index in [0.29, 0.717) is 11.7 Å². The van der Waals surface area contributed by atoms with E-state index >= 15 is 0 Å². The first kappa shape index (κ1) is 16.5. The third-order valence-corrected chi connectivity index (χ3v) is 5.18. The maximum atomic E-state index is 12.0. The van der Waals surface area contributed by atoms with E-state index < -0.39 is 0 Å². The quantitative estimate of drug-likeness (QED) is 0.707. The molecule has 3 rings (SSSR count). The number of benzene rings is 1. The lowest BCUT2D eigenvalue weighted by Crippen LogP contribution is -2.30. The van der Waals surface area contributed by atoms with E-state index in [9.17, 15) is 9.90 Å². The Balaban J connectivity index is 1.66. The van der Waals surface area contributed by atoms with Gasteiger partial charge in [-0.25, -0.2) is 4.98 Å². The molecule has 1 heterocycles. The average Bonchev–Trinajstić information content (AvgIpc) is 3.27. The van der Waals surface area contributed by atoms with Gasteiger partial charge < -0.3 is 15.0 Å². The van der Waals surface area contributed by atoms with Crippen LogP contribution in [0.25, 0.3) is 0 Å². The highest BCUT2D eigenvalue weighted by Gasteiger charge is 2.24. The van der Waals surface area contributed by atoms with Crippen molar-refractivity contribution in [2.24, 2.45) is 0 Å². The van der Waals surface area contributed by atoms with Gasteiger partial charge in [0.1, 0.15) is 6.54 Å². The van der Waals surface area contributed by atoms with Crippen LogP contribution >= 0.6 is 27.7 Å². The Labute approximate surface area is 147 Å². The minimum absolute atomic E-state index is 0.0225. The number of hydrogen-bond acceptors (Lipinski definition) is 4. The van der Waals surface area contributed by atoms with Crippen molar-refractivity contribution in [2.45, 2.75) is 42.9 Å². The zero-order valence-electron chi connectivity index (χ0n) is 12.5. The summed E-state index contributed by atoms with van der Waals surface area (Å²) in [6.45, 7) is 0.0810. The normalized spacial score (nSPS) is 14.0. The Kier molecular flexibility index (Phi) is 5.40. The lowest BCUT2D eigenvalue weighted by atomic mass is 10.2. The summed E-state index contributed by atoms with van der Waals surface area (Å²) >= 11 is 4.99. The Morgan fingerprint density at radius 3 is 2.78 bits per heavy atom. The summed E-state index contributed by atoms with van der Waals surface area (Å²) in [5, 5.41) is 13.2. The highest BCUT2D eigenvalue weighted by atomic mass is 79.9. The van der Waals surface area contributed by atoms with E-state index in [1.807, 2.05) is 12.1 Å². The summed E-state index contributed by atoms with van der Waals surface area (Å²) in [5.41, 5.74) is 1.84. The topological polar surface area (TPSA) is 67.2 Å². The molecule has 1 aromatic carbocycles. The monoisotopic (exact) mass is 395 g/mol. The second kappa shape index (κ2) is 7.51. The second-order valence-corrected chi connectivity index (χ2v) is 7.39. The van der Waals surface area contributed by atoms with Gasteiger partial charge in [-0.2, -0.15) is 0 Å². The highest BCUT2D eigenvalue weighted by molar-refractivity contribution is 9.10. The number of rotatable bonds is 7. The molecule has 0 bridgehead atoms. The molecule has 1 aromatic heterocycles. The van der Waals surface area contributed by atoms with Gasteiger partial charge in [-0.3, -0.25) is 4.79 Å². The molecule has 0 spiro atoms. The van der Waals surface area contributed by atoms with Gasteiger partial charge in [0.2, 0.25) is 5.91 Å². The molecule has 2 aromatic rings. The van der Waals surface area contributed by atoms with Crippen LogP contribution in [0.3, 0.4) is 0 Å². The van der Waals surface area contributed by atoms with E-state index in [1.165, 1.54) is 5.56 Å². The molecule has 1 amide bonds. The SMILES string of the molecule is O=C(Cn1c(CO)cnc1SCc1ccc(Br)cc1)NC1CC1. The third-order valence-electron chi connectivity index (χ3n) is 3.59. The predicted molar refractivity (Wildman–Crippen MR) is 93.0 cm³/mol. The molecule has 23 heavy (non-hydrogen) atoms. The second-order valence-electron chi connectivity index (χ2n) is 5.53. The minimum atomic E-state index is -0.122. The molecular weight excluding hydrogens is 378 g/mol. The van der Waals surface area contributed by atoms with Crippen molar-refractivity contribution in [1.29, 1.82) is 0 Å². The summed E-state index contributed by atoms with van der Waals surface area (Å²) in [5.74, 6) is 0.741. The fourth-order valence-electron chi connectivity index (χ4n) is 2.18. The number of halogens is 1. The molecule has 1 fully saturated rings. The first-order chi connectivity index (χ1) is 11.2. The molecule has 1 saturated carbocycles. The molecule has 0 unspecified atom stereocenters. The van der Waals surface area contributed by atoms with Crippen molar-refractivity contribution in [2.75, 3.05) is 0 Å². The number of amides is 1. The van der Waals surface area contributed by atoms with Crippen LogP contribution < -0.4 is 5.32 Å². The van der Waals surface area contributed by atoms with Crippen LogP contribution in [0.2, 0.25) is 0 Å². The Hall–Kier alpha value is -1.31. The van der Waals surface area contributed by atoms with E-state index in [4.69, 9.17) is 0 Å². The van der Waals surface area contributed by atoms with Crippen molar-refractivity contribution in [3.05, 3.63) is 46.2 Å². The number of thioether (sulfide) groups is 1. The molecular formula is C16H18BrN3O2S. The number of aliphatic hydroxyl groups excluding tert-OH is 1. The van der Waals surface area contributed by atoms with Gasteiger partial charge in [-0.15, -0.1) is 0 Å². The van der Waals surface area contributed by atoms with Gasteiger partial charge in [-0.05, 0) is 30.5 Å². The van der Waals surface area contributed by atoms with E-state index in [1.54, 1.807) is 22.5 Å². The van der Waals surface area contributed by atoms with Gasteiger partial charge in [0, 0.05) is 16.3 Å². The Bertz CT molecular complexity index is 683. The van der Waals surface area contributed by atoms with Crippen LogP contribution in [0.1, 0.15) is 24.1 Å². The van der Waals surface area contributed by atoms with E-state index in [0.717, 1.165) is 28.2 Å². The van der Waals surface area contributed by atoms with Crippen molar-refractivity contribution in [3.8, 4) is 0 Å². The van der Waals surface area contributed by atoms with Gasteiger partial charge in [0.15, 0.2) is 5.16 Å². The van der Waals surface area contributed by atoms with Gasteiger partial charge in [0.05, 0.1) is 18.5 Å². The Morgan fingerprint density at radius 1 is 1.39 bits per heavy atom. The van der Waals surface area contributed by atoms with E-state index in [2.05, 4.69) is 38.4 Å². The van der Waals surface area contributed by atoms with Crippen molar-refractivity contribution < 1.29 is 9.90 Å². The van der Waals surface area contributed by atoms with Crippen molar-refractivity contribution >= 4 is 33.6 Å². The molecule has 0 radical (unpaired) electrons. The maximum Gasteiger partial charge on any atom is 0.240 e. The maximum absolute atomic E-state index is 12.0. The summed E-state index contributed by atoms with van der Waals surface area (Å²) in [7, 11) is 0. The smallest absolute Gasteiger partial charge is 0.240 e. The van der Waals surface area contributed by atoms with Crippen LogP contribution in [0.15, 0.2) is 40.1 Å². The van der Waals surface area contributed by atoms with Gasteiger partial charge in [-0.1, -0.05) is 39.8 Å². The fourth-order valence-corrected chi connectivity index (χ4v) is 3.39. The van der Waals surface area contributed by atoms with Crippen LogP contribution in [0, 0.1) is 0 Å². The number of aliphatic hydroxyl groups is 1. The van der Waals surface area contributed by atoms with Crippen molar-refractivity contribution in [1.82, 2.24) is 14.9 Å². The van der Waals surface area contributed by atoms with Gasteiger partial charge >= 0.3 is 0 Å². The molecule has 122 valence electrons. The van der Waals surface area contributed by atoms with Crippen LogP contribution in [-0.2, 0) is 23.7 Å². The summed E-state index contributed by atoms with van der Waals surface area (Å²) < 4.78 is 2.84. The summed E-state index contributed by atoms with van der Waals surface area (Å²) in [4.78, 5) is 16.4. The number of carbonyl (C=O) groups excluding carboxylic acids is 1. The van der Waals surface area contributed by atoms with E-state index in [-0.39, 0.29) is 19.1 Å². The molecule has 1 aliphatic rings. The zero-order valence-corrected chi connectivity index (χ0v) is 14.9. The van der Waals surface area contributed by atoms with Crippen molar-refractivity contribution in [3.63, 3.8) is 0 Å². The number of imidazole rings is 1. The number of carbonyl (C=O) groups is 1. The molecule has 0 aliphatic heterocycles. The van der Waals surface area contributed by atoms with Crippen LogP contribution in [0.5, 0.6) is 0 Å². The standard InChI is InChI=1S/C16H18BrN3O2S/c17-12-3-1-11(2-4-12)10-23-16-18-7-14(9-21)20(16)8-15(22)19-13-5-6-13/h1-4,7,13,21H,5-6,8-10H2,(H,19,22). The minimum Gasteiger partial charge on any atom is -0.390 e. The molecule has 0 saturated heterocycles. The number of hydrogen-bond donors (Lipinski definition) is 2. The molecule has 2 N–H and O–H groups in total. The van der Waals surface area contributed by atoms with Crippen LogP contribution in [-0.4, -0.2) is 26.6 Å². The first-order valence-electron chi connectivity index (χ1n) is 7.47. The van der Waals surface area contributed by atoms with Gasteiger partial charge in [0.25, 0.3) is 0 Å². The predicted octanol–water partition coefficient (Wildman–Crippen LogP) is 2.71. The van der Waals surface area contributed by atoms with Crippen LogP contribution in [0.4, 0.5) is 0 Å². The fraction of sp³-hybridized carbons (Fsp3) is 0.375. The first-order valence-corrected chi connectivity index (χ1v) is 9.25. The zero-order chi connectivity index (χ0) is 16.2. The third kappa shape index (κ3) is 4.59. The summed E-state index contributed by atoms with van der Waals surface area (Å²) in [6.07, 6.45) is 3.76. The molecule has 1 aliphatic carbocycles. The number of nitrogens with zero attached hydrogens (tertiary/aromatic N) is 2. The Morgan fingerprint density at radius 2 is 2.13 bits per heavy atom. The number of aromatic nitrogens is 2. The largest absolute Gasteiger partial charge is 0.390 e. The highest BCUT2D eigenvalue weighted by Crippen LogP contribution is 2.24.